The van der Waals surface area contributed by atoms with Crippen molar-refractivity contribution in [3.8, 4) is 0 Å². The largest absolute Gasteiger partial charge is 0.330 e. The Morgan fingerprint density at radius 2 is 2.14 bits per heavy atom. The van der Waals surface area contributed by atoms with Gasteiger partial charge in [-0.25, -0.2) is 0 Å². The van der Waals surface area contributed by atoms with Gasteiger partial charge >= 0.3 is 0 Å². The zero-order chi connectivity index (χ0) is 9.80. The maximum Gasteiger partial charge on any atom is 0.00249 e. The van der Waals surface area contributed by atoms with Gasteiger partial charge in [0.25, 0.3) is 0 Å². The summed E-state index contributed by atoms with van der Waals surface area (Å²) in [6, 6.07) is 0. The van der Waals surface area contributed by atoms with Crippen LogP contribution in [0, 0.1) is 11.8 Å². The quantitative estimate of drug-likeness (QED) is 0.679. The second-order valence-electron chi connectivity index (χ2n) is 4.76. The molecule has 3 nitrogen and oxygen atoms in total. The van der Waals surface area contributed by atoms with Crippen LogP contribution in [-0.2, 0) is 0 Å². The number of nitrogens with zero attached hydrogens (tertiary/aromatic N) is 1. The molecule has 82 valence electrons. The molecule has 3 heteroatoms. The van der Waals surface area contributed by atoms with Crippen LogP contribution in [-0.4, -0.2) is 44.2 Å². The predicted octanol–water partition coefficient (Wildman–Crippen LogP) is 0.267. The van der Waals surface area contributed by atoms with Gasteiger partial charge in [0.1, 0.15) is 0 Å². The molecule has 14 heavy (non-hydrogen) atoms. The smallest absolute Gasteiger partial charge is 0.00249 e. The number of nitrogens with two attached hydrogens (primary N) is 1. The Balaban J connectivity index is 1.79. The van der Waals surface area contributed by atoms with E-state index in [0.29, 0.717) is 0 Å². The van der Waals surface area contributed by atoms with Gasteiger partial charge in [0.15, 0.2) is 0 Å². The molecular formula is C11H23N3. The fraction of sp³-hybridized carbons (Fsp3) is 1.00. The van der Waals surface area contributed by atoms with E-state index in [1.807, 2.05) is 0 Å². The van der Waals surface area contributed by atoms with Crippen LogP contribution in [0.25, 0.3) is 0 Å². The normalized spacial score (nSPS) is 31.1. The monoisotopic (exact) mass is 197 g/mol. The van der Waals surface area contributed by atoms with Crippen LogP contribution in [0.4, 0.5) is 0 Å². The Hall–Kier alpha value is -0.120. The summed E-state index contributed by atoms with van der Waals surface area (Å²) in [5.74, 6) is 1.56. The SMILES string of the molecule is NCC(CN1CCCC1)C1CCNC1. The van der Waals surface area contributed by atoms with Crippen LogP contribution >= 0.6 is 0 Å². The van der Waals surface area contributed by atoms with Crippen molar-refractivity contribution in [3.05, 3.63) is 0 Å². The first-order valence-corrected chi connectivity index (χ1v) is 6.03. The van der Waals surface area contributed by atoms with Gasteiger partial charge in [0, 0.05) is 6.54 Å². The highest BCUT2D eigenvalue weighted by Gasteiger charge is 2.26. The lowest BCUT2D eigenvalue weighted by atomic mass is 9.91. The van der Waals surface area contributed by atoms with Crippen LogP contribution < -0.4 is 11.1 Å². The summed E-state index contributed by atoms with van der Waals surface area (Å²) in [6.45, 7) is 7.09. The van der Waals surface area contributed by atoms with Gasteiger partial charge in [-0.15, -0.1) is 0 Å². The molecule has 2 rings (SSSR count). The van der Waals surface area contributed by atoms with Crippen molar-refractivity contribution in [2.75, 3.05) is 39.3 Å². The molecule has 0 bridgehead atoms. The molecule has 2 aliphatic heterocycles. The van der Waals surface area contributed by atoms with Crippen LogP contribution in [0.15, 0.2) is 0 Å². The van der Waals surface area contributed by atoms with Gasteiger partial charge in [-0.3, -0.25) is 0 Å². The van der Waals surface area contributed by atoms with E-state index < -0.39 is 0 Å². The number of likely N-dealkylation sites (tertiary alicyclic amines) is 1. The summed E-state index contributed by atoms with van der Waals surface area (Å²) in [5.41, 5.74) is 5.88. The van der Waals surface area contributed by atoms with Crippen molar-refractivity contribution in [1.29, 1.82) is 0 Å². The molecule has 2 unspecified atom stereocenters. The highest BCUT2D eigenvalue weighted by atomic mass is 15.1. The van der Waals surface area contributed by atoms with Crippen LogP contribution in [0.5, 0.6) is 0 Å². The van der Waals surface area contributed by atoms with E-state index in [2.05, 4.69) is 10.2 Å². The summed E-state index contributed by atoms with van der Waals surface area (Å²) >= 11 is 0. The van der Waals surface area contributed by atoms with Gasteiger partial charge < -0.3 is 16.0 Å². The minimum absolute atomic E-state index is 0.725. The first-order valence-electron chi connectivity index (χ1n) is 6.03. The van der Waals surface area contributed by atoms with E-state index in [9.17, 15) is 0 Å². The summed E-state index contributed by atoms with van der Waals surface area (Å²) in [7, 11) is 0. The number of hydrogen-bond acceptors (Lipinski definition) is 3. The molecule has 2 atom stereocenters. The highest BCUT2D eigenvalue weighted by molar-refractivity contribution is 4.82. The third-order valence-corrected chi connectivity index (χ3v) is 3.76. The second-order valence-corrected chi connectivity index (χ2v) is 4.76. The Morgan fingerprint density at radius 3 is 2.71 bits per heavy atom. The number of nitrogens with one attached hydrogen (secondary N) is 1. The van der Waals surface area contributed by atoms with Crippen molar-refractivity contribution in [1.82, 2.24) is 10.2 Å². The fourth-order valence-electron chi connectivity index (χ4n) is 2.79. The number of hydrogen-bond donors (Lipinski definition) is 2. The van der Waals surface area contributed by atoms with Gasteiger partial charge in [0.2, 0.25) is 0 Å². The lowest BCUT2D eigenvalue weighted by Gasteiger charge is -2.26. The topological polar surface area (TPSA) is 41.3 Å². The van der Waals surface area contributed by atoms with Crippen molar-refractivity contribution in [3.63, 3.8) is 0 Å². The lowest BCUT2D eigenvalue weighted by molar-refractivity contribution is 0.232. The van der Waals surface area contributed by atoms with Crippen LogP contribution in [0.1, 0.15) is 19.3 Å². The number of rotatable bonds is 4. The third kappa shape index (κ3) is 2.47. The third-order valence-electron chi connectivity index (χ3n) is 3.76. The standard InChI is InChI=1S/C11H23N3/c12-7-11(10-3-4-13-8-10)9-14-5-1-2-6-14/h10-11,13H,1-9,12H2. The van der Waals surface area contributed by atoms with E-state index in [1.165, 1.54) is 52.0 Å². The maximum atomic E-state index is 5.88. The molecular weight excluding hydrogens is 174 g/mol. The molecule has 3 N–H and O–H groups in total. The summed E-state index contributed by atoms with van der Waals surface area (Å²) in [6.07, 6.45) is 4.11. The molecule has 0 aromatic rings. The first-order chi connectivity index (χ1) is 6.90. The zero-order valence-corrected chi connectivity index (χ0v) is 9.04. The van der Waals surface area contributed by atoms with E-state index in [4.69, 9.17) is 5.73 Å². The summed E-state index contributed by atoms with van der Waals surface area (Å²) in [5, 5.41) is 3.44. The predicted molar refractivity (Wildman–Crippen MR) is 59.2 cm³/mol. The fourth-order valence-corrected chi connectivity index (χ4v) is 2.79. The van der Waals surface area contributed by atoms with Crippen LogP contribution in [0.2, 0.25) is 0 Å². The van der Waals surface area contributed by atoms with Gasteiger partial charge in [-0.05, 0) is 63.8 Å². The molecule has 0 radical (unpaired) electrons. The van der Waals surface area contributed by atoms with Crippen LogP contribution in [0.3, 0.4) is 0 Å². The average molecular weight is 197 g/mol. The van der Waals surface area contributed by atoms with E-state index in [-0.39, 0.29) is 0 Å². The summed E-state index contributed by atoms with van der Waals surface area (Å²) < 4.78 is 0. The molecule has 0 aromatic heterocycles. The first kappa shape index (κ1) is 10.4. The molecule has 0 aliphatic carbocycles. The second kappa shape index (κ2) is 5.10. The van der Waals surface area contributed by atoms with Crippen molar-refractivity contribution in [2.45, 2.75) is 19.3 Å². The Kier molecular flexibility index (Phi) is 3.79. The van der Waals surface area contributed by atoms with Gasteiger partial charge in [-0.1, -0.05) is 0 Å². The molecule has 2 fully saturated rings. The molecule has 2 aliphatic rings. The zero-order valence-electron chi connectivity index (χ0n) is 9.04. The summed E-state index contributed by atoms with van der Waals surface area (Å²) in [4.78, 5) is 2.59. The van der Waals surface area contributed by atoms with Crippen molar-refractivity contribution >= 4 is 0 Å². The molecule has 0 aromatic carbocycles. The minimum atomic E-state index is 0.725. The van der Waals surface area contributed by atoms with Gasteiger partial charge in [-0.2, -0.15) is 0 Å². The Labute approximate surface area is 87.0 Å². The molecule has 2 heterocycles. The van der Waals surface area contributed by atoms with Crippen molar-refractivity contribution < 1.29 is 0 Å². The van der Waals surface area contributed by atoms with Gasteiger partial charge in [0.05, 0.1) is 0 Å². The highest BCUT2D eigenvalue weighted by Crippen LogP contribution is 2.21. The molecule has 0 spiro atoms. The molecule has 0 saturated carbocycles. The molecule has 0 amide bonds. The van der Waals surface area contributed by atoms with Crippen molar-refractivity contribution in [2.24, 2.45) is 17.6 Å². The van der Waals surface area contributed by atoms with E-state index >= 15 is 0 Å². The lowest BCUT2D eigenvalue weighted by Crippen LogP contribution is -2.36. The minimum Gasteiger partial charge on any atom is -0.330 e. The van der Waals surface area contributed by atoms with E-state index in [1.54, 1.807) is 0 Å². The Bertz CT molecular complexity index is 160. The molecule has 2 saturated heterocycles. The maximum absolute atomic E-state index is 5.88. The average Bonchev–Trinajstić information content (AvgIpc) is 2.86. The van der Waals surface area contributed by atoms with E-state index in [0.717, 1.165) is 18.4 Å². The Morgan fingerprint density at radius 1 is 1.36 bits per heavy atom.